The lowest BCUT2D eigenvalue weighted by Gasteiger charge is -2.05. The maximum absolute atomic E-state index is 11.1. The van der Waals surface area contributed by atoms with E-state index < -0.39 is 17.2 Å². The first-order valence-corrected chi connectivity index (χ1v) is 4.15. The summed E-state index contributed by atoms with van der Waals surface area (Å²) in [5.74, 6) is -1.05. The Balaban J connectivity index is 2.90. The topological polar surface area (TPSA) is 89.7 Å². The third-order valence-electron chi connectivity index (χ3n) is 1.76. The molecule has 0 heterocycles. The lowest BCUT2D eigenvalue weighted by molar-refractivity contribution is -0.727. The molecule has 1 N–H and O–H groups in total. The van der Waals surface area contributed by atoms with Crippen LogP contribution in [0.2, 0.25) is 0 Å². The molecule has 6 heteroatoms. The average Bonchev–Trinajstić information content (AvgIpc) is 2.17. The summed E-state index contributed by atoms with van der Waals surface area (Å²) in [7, 11) is 0. The van der Waals surface area contributed by atoms with Gasteiger partial charge >= 0.3 is 11.1 Å². The van der Waals surface area contributed by atoms with Crippen molar-refractivity contribution in [3.05, 3.63) is 45.5 Å². The van der Waals surface area contributed by atoms with E-state index in [9.17, 15) is 20.0 Å². The van der Waals surface area contributed by atoms with E-state index in [4.69, 9.17) is 0 Å². The van der Waals surface area contributed by atoms with Crippen LogP contribution >= 0.6 is 0 Å². The summed E-state index contributed by atoms with van der Waals surface area (Å²) in [6.07, 6.45) is -0.742. The monoisotopic (exact) mass is 211 g/mol. The Kier molecular flexibility index (Phi) is 3.35. The van der Waals surface area contributed by atoms with Crippen molar-refractivity contribution < 1.29 is 19.8 Å². The van der Waals surface area contributed by atoms with Crippen molar-refractivity contribution in [3.63, 3.8) is 0 Å². The van der Waals surface area contributed by atoms with Crippen LogP contribution in [0.5, 0.6) is 0 Å². The Hall–Kier alpha value is -1.95. The molecule has 0 saturated heterocycles. The standard InChI is InChI=1S/C9H9NO5/c1-6(11)7-3-2-4-8(5-7)9(12)15-10(13)14/h2-6,11H,1H3. The second-order valence-corrected chi connectivity index (χ2v) is 2.90. The molecule has 0 bridgehead atoms. The van der Waals surface area contributed by atoms with Gasteiger partial charge in [-0.05, 0) is 24.6 Å². The van der Waals surface area contributed by atoms with E-state index in [1.165, 1.54) is 25.1 Å². The van der Waals surface area contributed by atoms with Crippen molar-refractivity contribution in [2.75, 3.05) is 0 Å². The van der Waals surface area contributed by atoms with Crippen molar-refractivity contribution >= 4 is 5.97 Å². The third-order valence-corrected chi connectivity index (χ3v) is 1.76. The highest BCUT2D eigenvalue weighted by Gasteiger charge is 2.12. The summed E-state index contributed by atoms with van der Waals surface area (Å²) in [5, 5.41) is 18.0. The molecule has 1 unspecified atom stereocenters. The van der Waals surface area contributed by atoms with Gasteiger partial charge in [-0.25, -0.2) is 4.84 Å². The van der Waals surface area contributed by atoms with Crippen LogP contribution in [-0.2, 0) is 4.84 Å². The molecule has 80 valence electrons. The largest absolute Gasteiger partial charge is 0.389 e. The maximum Gasteiger partial charge on any atom is 0.334 e. The summed E-state index contributed by atoms with van der Waals surface area (Å²) in [5.41, 5.74) is 0.526. The van der Waals surface area contributed by atoms with Gasteiger partial charge in [0.1, 0.15) is 0 Å². The van der Waals surface area contributed by atoms with Gasteiger partial charge in [0.2, 0.25) is 0 Å². The Morgan fingerprint density at radius 1 is 1.60 bits per heavy atom. The molecule has 0 radical (unpaired) electrons. The zero-order valence-electron chi connectivity index (χ0n) is 7.91. The van der Waals surface area contributed by atoms with Crippen LogP contribution in [0.4, 0.5) is 0 Å². The van der Waals surface area contributed by atoms with Crippen LogP contribution in [0.15, 0.2) is 24.3 Å². The molecule has 0 amide bonds. The normalized spacial score (nSPS) is 11.9. The Bertz CT molecular complexity index is 388. The molecule has 1 rings (SSSR count). The number of benzene rings is 1. The molecule has 0 aliphatic carbocycles. The lowest BCUT2D eigenvalue weighted by atomic mass is 10.1. The van der Waals surface area contributed by atoms with Crippen LogP contribution in [0, 0.1) is 10.1 Å². The van der Waals surface area contributed by atoms with E-state index in [-0.39, 0.29) is 5.56 Å². The second-order valence-electron chi connectivity index (χ2n) is 2.90. The van der Waals surface area contributed by atoms with Crippen LogP contribution in [-0.4, -0.2) is 16.2 Å². The van der Waals surface area contributed by atoms with Crippen molar-refractivity contribution in [2.24, 2.45) is 0 Å². The predicted octanol–water partition coefficient (Wildman–Crippen LogP) is 1.09. The van der Waals surface area contributed by atoms with Gasteiger partial charge < -0.3 is 5.11 Å². The minimum Gasteiger partial charge on any atom is -0.389 e. The zero-order valence-corrected chi connectivity index (χ0v) is 7.91. The smallest absolute Gasteiger partial charge is 0.334 e. The van der Waals surface area contributed by atoms with Crippen molar-refractivity contribution in [1.82, 2.24) is 0 Å². The summed E-state index contributed by atoms with van der Waals surface area (Å²) in [6, 6.07) is 5.83. The molecule has 0 aliphatic rings. The van der Waals surface area contributed by atoms with E-state index in [1.54, 1.807) is 6.07 Å². The molecule has 0 saturated carbocycles. The molecular weight excluding hydrogens is 202 g/mol. The highest BCUT2D eigenvalue weighted by molar-refractivity contribution is 5.89. The quantitative estimate of drug-likeness (QED) is 0.597. The number of nitrogens with zero attached hydrogens (tertiary/aromatic N) is 1. The Morgan fingerprint density at radius 3 is 2.80 bits per heavy atom. The number of rotatable bonds is 3. The zero-order chi connectivity index (χ0) is 11.4. The van der Waals surface area contributed by atoms with Crippen molar-refractivity contribution in [1.29, 1.82) is 0 Å². The minimum absolute atomic E-state index is 0.0325. The Labute approximate surface area is 85.2 Å². The number of aliphatic hydroxyl groups is 1. The molecule has 1 atom stereocenters. The summed E-state index contributed by atoms with van der Waals surface area (Å²) in [4.78, 5) is 24.8. The molecular formula is C9H9NO5. The number of hydrogen-bond acceptors (Lipinski definition) is 5. The molecule has 6 nitrogen and oxygen atoms in total. The van der Waals surface area contributed by atoms with E-state index >= 15 is 0 Å². The summed E-state index contributed by atoms with van der Waals surface area (Å²) >= 11 is 0. The average molecular weight is 211 g/mol. The summed E-state index contributed by atoms with van der Waals surface area (Å²) < 4.78 is 0. The van der Waals surface area contributed by atoms with Crippen LogP contribution in [0.1, 0.15) is 28.9 Å². The molecule has 1 aromatic rings. The van der Waals surface area contributed by atoms with Gasteiger partial charge in [-0.1, -0.05) is 12.1 Å². The predicted molar refractivity (Wildman–Crippen MR) is 49.5 cm³/mol. The lowest BCUT2D eigenvalue weighted by Crippen LogP contribution is -2.10. The van der Waals surface area contributed by atoms with Gasteiger partial charge in [0.05, 0.1) is 6.10 Å². The van der Waals surface area contributed by atoms with Crippen molar-refractivity contribution in [3.8, 4) is 0 Å². The van der Waals surface area contributed by atoms with Crippen LogP contribution in [0.25, 0.3) is 0 Å². The second kappa shape index (κ2) is 4.52. The van der Waals surface area contributed by atoms with Gasteiger partial charge in [-0.2, -0.15) is 0 Å². The van der Waals surface area contributed by atoms with Crippen LogP contribution in [0.3, 0.4) is 0 Å². The molecule has 0 fully saturated rings. The van der Waals surface area contributed by atoms with Gasteiger partial charge in [0.15, 0.2) is 0 Å². The fourth-order valence-corrected chi connectivity index (χ4v) is 1.05. The van der Waals surface area contributed by atoms with Gasteiger partial charge in [0.25, 0.3) is 0 Å². The molecule has 0 aromatic heterocycles. The van der Waals surface area contributed by atoms with E-state index in [1.807, 2.05) is 0 Å². The first kappa shape index (κ1) is 11.1. The van der Waals surface area contributed by atoms with Gasteiger partial charge in [-0.3, -0.25) is 4.79 Å². The number of hydrogen-bond donors (Lipinski definition) is 1. The first-order valence-electron chi connectivity index (χ1n) is 4.15. The Morgan fingerprint density at radius 2 is 2.27 bits per heavy atom. The molecule has 15 heavy (non-hydrogen) atoms. The van der Waals surface area contributed by atoms with E-state index in [0.717, 1.165) is 0 Å². The van der Waals surface area contributed by atoms with Gasteiger partial charge in [-0.15, -0.1) is 10.1 Å². The fraction of sp³-hybridized carbons (Fsp3) is 0.222. The third kappa shape index (κ3) is 3.03. The molecule has 0 spiro atoms. The SMILES string of the molecule is CC(O)c1cccc(C(=O)O[N+](=O)[O-])c1. The highest BCUT2D eigenvalue weighted by Crippen LogP contribution is 2.14. The van der Waals surface area contributed by atoms with E-state index in [0.29, 0.717) is 5.56 Å². The maximum atomic E-state index is 11.1. The highest BCUT2D eigenvalue weighted by atomic mass is 17.0. The van der Waals surface area contributed by atoms with E-state index in [2.05, 4.69) is 4.84 Å². The van der Waals surface area contributed by atoms with Gasteiger partial charge in [0, 0.05) is 5.56 Å². The summed E-state index contributed by atoms with van der Waals surface area (Å²) in [6.45, 7) is 1.53. The minimum atomic E-state index is -1.17. The number of carbonyl (C=O) groups excluding carboxylic acids is 1. The van der Waals surface area contributed by atoms with Crippen molar-refractivity contribution in [2.45, 2.75) is 13.0 Å². The number of aliphatic hydroxyl groups excluding tert-OH is 1. The first-order chi connectivity index (χ1) is 7.00. The number of carbonyl (C=O) groups is 1. The van der Waals surface area contributed by atoms with Crippen LogP contribution < -0.4 is 0 Å². The fourth-order valence-electron chi connectivity index (χ4n) is 1.05. The molecule has 1 aromatic carbocycles. The molecule has 0 aliphatic heterocycles.